The third kappa shape index (κ3) is 24.1. The van der Waals surface area contributed by atoms with Gasteiger partial charge in [-0.05, 0) is 6.42 Å². The minimum Gasteiger partial charge on any atom is -0.481 e. The number of rotatable bonds is 12. The van der Waals surface area contributed by atoms with Crippen molar-refractivity contribution in [2.75, 3.05) is 0 Å². The van der Waals surface area contributed by atoms with Crippen LogP contribution >= 0.6 is 0 Å². The number of hydrogen-bond acceptors (Lipinski definition) is 3. The summed E-state index contributed by atoms with van der Waals surface area (Å²) >= 11 is 0. The van der Waals surface area contributed by atoms with Crippen LogP contribution in [0, 0.1) is 0 Å². The molecule has 0 spiro atoms. The Kier molecular flexibility index (Phi) is 19.5. The predicted molar refractivity (Wildman–Crippen MR) is 86.1 cm³/mol. The summed E-state index contributed by atoms with van der Waals surface area (Å²) in [5.74, 6) is -0.900. The van der Waals surface area contributed by atoms with Crippen LogP contribution in [0.4, 0.5) is 0 Å². The molecule has 0 atom stereocenters. The maximum Gasteiger partial charge on any atom is 0.310 e. The lowest BCUT2D eigenvalue weighted by atomic mass is 10.1. The van der Waals surface area contributed by atoms with Crippen molar-refractivity contribution in [3.63, 3.8) is 0 Å². The summed E-state index contributed by atoms with van der Waals surface area (Å²) in [5, 5.41) is 7.72. The highest BCUT2D eigenvalue weighted by Gasteiger charge is 1.99. The van der Waals surface area contributed by atoms with Gasteiger partial charge in [-0.1, -0.05) is 71.8 Å². The molecule has 0 aliphatic heterocycles. The van der Waals surface area contributed by atoms with E-state index in [9.17, 15) is 9.59 Å². The van der Waals surface area contributed by atoms with E-state index in [-0.39, 0.29) is 12.4 Å². The second-order valence-corrected chi connectivity index (χ2v) is 4.98. The van der Waals surface area contributed by atoms with Gasteiger partial charge in [-0.25, -0.2) is 0 Å². The molecule has 0 saturated heterocycles. The first-order chi connectivity index (χ1) is 10.1. The van der Waals surface area contributed by atoms with Crippen LogP contribution in [0.3, 0.4) is 0 Å². The molecule has 0 aliphatic rings. The maximum absolute atomic E-state index is 11.0. The zero-order valence-electron chi connectivity index (χ0n) is 13.7. The maximum atomic E-state index is 11.0. The van der Waals surface area contributed by atoms with Crippen LogP contribution in [-0.2, 0) is 14.3 Å². The van der Waals surface area contributed by atoms with Crippen LogP contribution < -0.4 is 0 Å². The van der Waals surface area contributed by atoms with E-state index >= 15 is 0 Å². The van der Waals surface area contributed by atoms with Crippen molar-refractivity contribution in [1.82, 2.24) is 0 Å². The third-order valence-electron chi connectivity index (χ3n) is 3.00. The van der Waals surface area contributed by atoms with Crippen molar-refractivity contribution >= 4 is 11.9 Å². The molecule has 0 rings (SSSR count). The fourth-order valence-corrected chi connectivity index (χ4v) is 1.73. The van der Waals surface area contributed by atoms with E-state index in [0.29, 0.717) is 6.42 Å². The summed E-state index contributed by atoms with van der Waals surface area (Å²) in [6.45, 7) is 7.19. The molecule has 0 amide bonds. The minimum atomic E-state index is -0.745. The van der Waals surface area contributed by atoms with E-state index in [1.807, 2.05) is 0 Å². The van der Waals surface area contributed by atoms with Gasteiger partial charge in [0.1, 0.15) is 0 Å². The van der Waals surface area contributed by atoms with E-state index in [4.69, 9.17) is 5.11 Å². The Labute approximate surface area is 129 Å². The molecule has 4 heteroatoms. The van der Waals surface area contributed by atoms with E-state index in [2.05, 4.69) is 18.2 Å². The molecule has 4 nitrogen and oxygen atoms in total. The van der Waals surface area contributed by atoms with Crippen LogP contribution in [0.5, 0.6) is 0 Å². The van der Waals surface area contributed by atoms with Crippen LogP contribution in [0.25, 0.3) is 0 Å². The first-order valence-electron chi connectivity index (χ1n) is 8.10. The molecular formula is C17H32O4. The first-order valence-corrected chi connectivity index (χ1v) is 8.10. The number of carbonyl (C=O) groups is 2. The lowest BCUT2D eigenvalue weighted by Crippen LogP contribution is -1.98. The summed E-state index contributed by atoms with van der Waals surface area (Å²) in [7, 11) is 0. The van der Waals surface area contributed by atoms with Crippen LogP contribution in [0.2, 0.25) is 0 Å². The van der Waals surface area contributed by atoms with Gasteiger partial charge >= 0.3 is 11.9 Å². The molecular weight excluding hydrogens is 268 g/mol. The molecule has 1 N–H and O–H groups in total. The highest BCUT2D eigenvalue weighted by molar-refractivity contribution is 5.69. The average molecular weight is 300 g/mol. The number of esters is 1. The van der Waals surface area contributed by atoms with Crippen molar-refractivity contribution in [2.24, 2.45) is 0 Å². The van der Waals surface area contributed by atoms with Gasteiger partial charge in [0.2, 0.25) is 0 Å². The van der Waals surface area contributed by atoms with Gasteiger partial charge in [-0.3, -0.25) is 9.59 Å². The van der Waals surface area contributed by atoms with Gasteiger partial charge in [0.15, 0.2) is 0 Å². The first kappa shape index (κ1) is 22.0. The van der Waals surface area contributed by atoms with E-state index in [1.165, 1.54) is 51.2 Å². The van der Waals surface area contributed by atoms with E-state index < -0.39 is 5.97 Å². The van der Waals surface area contributed by atoms with E-state index in [0.717, 1.165) is 12.8 Å². The molecule has 0 bridgehead atoms. The predicted octanol–water partition coefficient (Wildman–Crippen LogP) is 5.08. The monoisotopic (exact) mass is 300 g/mol. The SMILES string of the molecule is C=COC(=O)CCCCCCCCCCC.CCC(=O)O. The number of carboxylic acid groups (broad SMARTS) is 1. The summed E-state index contributed by atoms with van der Waals surface area (Å²) in [6.07, 6.45) is 13.4. The fourth-order valence-electron chi connectivity index (χ4n) is 1.73. The Hall–Kier alpha value is -1.32. The molecule has 0 saturated carbocycles. The normalized spacial score (nSPS) is 9.43. The fraction of sp³-hybridized carbons (Fsp3) is 0.765. The van der Waals surface area contributed by atoms with Crippen LogP contribution in [-0.4, -0.2) is 17.0 Å². The highest BCUT2D eigenvalue weighted by Crippen LogP contribution is 2.10. The summed E-state index contributed by atoms with van der Waals surface area (Å²) in [4.78, 5) is 20.3. The summed E-state index contributed by atoms with van der Waals surface area (Å²) in [5.41, 5.74) is 0. The smallest absolute Gasteiger partial charge is 0.310 e. The Morgan fingerprint density at radius 3 is 1.76 bits per heavy atom. The van der Waals surface area contributed by atoms with E-state index in [1.54, 1.807) is 6.92 Å². The van der Waals surface area contributed by atoms with Gasteiger partial charge < -0.3 is 9.84 Å². The van der Waals surface area contributed by atoms with Crippen LogP contribution in [0.15, 0.2) is 12.8 Å². The van der Waals surface area contributed by atoms with Crippen molar-refractivity contribution in [2.45, 2.75) is 84.5 Å². The Balaban J connectivity index is 0. The molecule has 0 radical (unpaired) electrons. The third-order valence-corrected chi connectivity index (χ3v) is 3.00. The Bertz CT molecular complexity index is 262. The number of ether oxygens (including phenoxy) is 1. The van der Waals surface area contributed by atoms with Gasteiger partial charge in [0.25, 0.3) is 0 Å². The largest absolute Gasteiger partial charge is 0.481 e. The second kappa shape index (κ2) is 18.7. The number of hydrogen-bond donors (Lipinski definition) is 1. The standard InChI is InChI=1S/C14H26O2.C3H6O2/c1-3-5-6-7-8-9-10-11-12-13-14(15)16-4-2;1-2-3(4)5/h4H,2-3,5-13H2,1H3;2H2,1H3,(H,4,5). The molecule has 0 fully saturated rings. The molecule has 0 aromatic rings. The lowest BCUT2D eigenvalue weighted by Gasteiger charge is -2.01. The summed E-state index contributed by atoms with van der Waals surface area (Å²) in [6, 6.07) is 0. The number of unbranched alkanes of at least 4 members (excludes halogenated alkanes) is 8. The average Bonchev–Trinajstić information content (AvgIpc) is 2.46. The molecule has 0 unspecified atom stereocenters. The molecule has 21 heavy (non-hydrogen) atoms. The van der Waals surface area contributed by atoms with Crippen LogP contribution in [0.1, 0.15) is 84.5 Å². The number of aliphatic carboxylic acids is 1. The quantitative estimate of drug-likeness (QED) is 0.310. The lowest BCUT2D eigenvalue weighted by molar-refractivity contribution is -0.138. The molecule has 0 heterocycles. The molecule has 124 valence electrons. The zero-order chi connectivity index (χ0) is 16.3. The Morgan fingerprint density at radius 1 is 0.952 bits per heavy atom. The van der Waals surface area contributed by atoms with Gasteiger partial charge in [0, 0.05) is 12.8 Å². The molecule has 0 aromatic heterocycles. The van der Waals surface area contributed by atoms with Crippen molar-refractivity contribution in [3.8, 4) is 0 Å². The number of carbonyl (C=O) groups excluding carboxylic acids is 1. The van der Waals surface area contributed by atoms with Crippen molar-refractivity contribution < 1.29 is 19.4 Å². The van der Waals surface area contributed by atoms with Gasteiger partial charge in [0.05, 0.1) is 6.26 Å². The second-order valence-electron chi connectivity index (χ2n) is 4.98. The number of carboxylic acids is 1. The van der Waals surface area contributed by atoms with Gasteiger partial charge in [-0.2, -0.15) is 0 Å². The highest BCUT2D eigenvalue weighted by atomic mass is 16.5. The molecule has 0 aliphatic carbocycles. The zero-order valence-corrected chi connectivity index (χ0v) is 13.7. The van der Waals surface area contributed by atoms with Crippen molar-refractivity contribution in [3.05, 3.63) is 12.8 Å². The topological polar surface area (TPSA) is 63.6 Å². The summed E-state index contributed by atoms with van der Waals surface area (Å²) < 4.78 is 4.64. The minimum absolute atomic E-state index is 0.155. The molecule has 0 aromatic carbocycles. The Morgan fingerprint density at radius 2 is 1.38 bits per heavy atom. The van der Waals surface area contributed by atoms with Crippen molar-refractivity contribution in [1.29, 1.82) is 0 Å². The van der Waals surface area contributed by atoms with Gasteiger partial charge in [-0.15, -0.1) is 0 Å².